The van der Waals surface area contributed by atoms with Crippen molar-refractivity contribution in [1.29, 1.82) is 0 Å². The lowest BCUT2D eigenvalue weighted by atomic mass is 9.94. The van der Waals surface area contributed by atoms with Gasteiger partial charge in [-0.25, -0.2) is 9.59 Å². The highest BCUT2D eigenvalue weighted by Gasteiger charge is 2.35. The van der Waals surface area contributed by atoms with Gasteiger partial charge in [0.1, 0.15) is 12.6 Å². The molecule has 0 bridgehead atoms. The number of hydrogen-bond donors (Lipinski definition) is 1. The molecule has 1 aliphatic heterocycles. The molecule has 118 valence electrons. The highest BCUT2D eigenvalue weighted by atomic mass is 16.6. The van der Waals surface area contributed by atoms with Crippen LogP contribution in [0, 0.1) is 0 Å². The van der Waals surface area contributed by atoms with Crippen LogP contribution in [-0.2, 0) is 29.1 Å². The van der Waals surface area contributed by atoms with Crippen LogP contribution in [0.2, 0.25) is 0 Å². The standard InChI is InChI=1S/C18H17NO4/c20-17(21)16-10-14-8-4-5-9-15(14)11-19(16)18(22)23-12-13-6-2-1-3-7-13/h1-9,16H,10-12H2,(H,20,21)/t16-/m1/s1. The molecule has 1 atom stereocenters. The van der Waals surface area contributed by atoms with Gasteiger partial charge in [0.2, 0.25) is 0 Å². The third-order valence-corrected chi connectivity index (χ3v) is 3.97. The maximum Gasteiger partial charge on any atom is 0.411 e. The van der Waals surface area contributed by atoms with Crippen LogP contribution in [0.1, 0.15) is 16.7 Å². The van der Waals surface area contributed by atoms with Gasteiger partial charge in [-0.2, -0.15) is 0 Å². The lowest BCUT2D eigenvalue weighted by molar-refractivity contribution is -0.143. The highest BCUT2D eigenvalue weighted by molar-refractivity contribution is 5.81. The third kappa shape index (κ3) is 3.34. The lowest BCUT2D eigenvalue weighted by Gasteiger charge is -2.33. The molecule has 1 amide bonds. The number of carboxylic acid groups (broad SMARTS) is 1. The van der Waals surface area contributed by atoms with Gasteiger partial charge in [0, 0.05) is 6.42 Å². The second-order valence-corrected chi connectivity index (χ2v) is 5.49. The molecule has 5 nitrogen and oxygen atoms in total. The molecule has 3 rings (SSSR count). The van der Waals surface area contributed by atoms with E-state index in [9.17, 15) is 14.7 Å². The minimum atomic E-state index is -1.02. The zero-order chi connectivity index (χ0) is 16.2. The van der Waals surface area contributed by atoms with Crippen molar-refractivity contribution in [2.24, 2.45) is 0 Å². The maximum atomic E-state index is 12.3. The summed E-state index contributed by atoms with van der Waals surface area (Å²) in [4.78, 5) is 25.1. The Morgan fingerprint density at radius 3 is 2.39 bits per heavy atom. The lowest BCUT2D eigenvalue weighted by Crippen LogP contribution is -2.48. The van der Waals surface area contributed by atoms with Crippen molar-refractivity contribution in [2.75, 3.05) is 0 Å². The number of fused-ring (bicyclic) bond motifs is 1. The molecule has 0 spiro atoms. The molecule has 0 radical (unpaired) electrons. The van der Waals surface area contributed by atoms with Crippen LogP contribution >= 0.6 is 0 Å². The summed E-state index contributed by atoms with van der Waals surface area (Å²) in [6.45, 7) is 0.380. The summed E-state index contributed by atoms with van der Waals surface area (Å²) in [5.41, 5.74) is 2.79. The Morgan fingerprint density at radius 1 is 1.04 bits per heavy atom. The van der Waals surface area contributed by atoms with E-state index in [1.807, 2.05) is 54.6 Å². The molecule has 0 aromatic heterocycles. The van der Waals surface area contributed by atoms with E-state index in [-0.39, 0.29) is 13.2 Å². The smallest absolute Gasteiger partial charge is 0.411 e. The van der Waals surface area contributed by atoms with Crippen LogP contribution in [0.5, 0.6) is 0 Å². The topological polar surface area (TPSA) is 66.8 Å². The summed E-state index contributed by atoms with van der Waals surface area (Å²) in [6.07, 6.45) is -0.304. The SMILES string of the molecule is O=C(O)[C@H]1Cc2ccccc2CN1C(=O)OCc1ccccc1. The van der Waals surface area contributed by atoms with Crippen LogP contribution in [0.25, 0.3) is 0 Å². The second kappa shape index (κ2) is 6.52. The fourth-order valence-electron chi connectivity index (χ4n) is 2.74. The van der Waals surface area contributed by atoms with E-state index in [0.29, 0.717) is 6.42 Å². The van der Waals surface area contributed by atoms with Crippen LogP contribution < -0.4 is 0 Å². The van der Waals surface area contributed by atoms with Gasteiger partial charge < -0.3 is 9.84 Å². The number of carbonyl (C=O) groups excluding carboxylic acids is 1. The van der Waals surface area contributed by atoms with Crippen molar-refractivity contribution in [3.05, 3.63) is 71.3 Å². The first-order valence-corrected chi connectivity index (χ1v) is 7.42. The molecule has 0 aliphatic carbocycles. The van der Waals surface area contributed by atoms with E-state index in [1.54, 1.807) is 0 Å². The molecule has 2 aromatic rings. The number of carbonyl (C=O) groups is 2. The molecular formula is C18H17NO4. The molecule has 0 saturated carbocycles. The van der Waals surface area contributed by atoms with Crippen molar-refractivity contribution >= 4 is 12.1 Å². The molecule has 1 aliphatic rings. The summed E-state index contributed by atoms with van der Waals surface area (Å²) in [6, 6.07) is 16.0. The van der Waals surface area contributed by atoms with Gasteiger partial charge in [-0.15, -0.1) is 0 Å². The molecule has 2 aromatic carbocycles. The first-order valence-electron chi connectivity index (χ1n) is 7.42. The summed E-state index contributed by atoms with van der Waals surface area (Å²) in [5, 5.41) is 9.42. The Labute approximate surface area is 134 Å². The molecular weight excluding hydrogens is 294 g/mol. The minimum Gasteiger partial charge on any atom is -0.480 e. The number of rotatable bonds is 3. The quantitative estimate of drug-likeness (QED) is 0.946. The minimum absolute atomic E-state index is 0.129. The molecule has 5 heteroatoms. The largest absolute Gasteiger partial charge is 0.480 e. The summed E-state index contributed by atoms with van der Waals surface area (Å²) >= 11 is 0. The van der Waals surface area contributed by atoms with Gasteiger partial charge in [-0.05, 0) is 16.7 Å². The summed E-state index contributed by atoms with van der Waals surface area (Å²) < 4.78 is 5.29. The van der Waals surface area contributed by atoms with E-state index in [2.05, 4.69) is 0 Å². The van der Waals surface area contributed by atoms with Gasteiger partial charge >= 0.3 is 12.1 Å². The van der Waals surface area contributed by atoms with Crippen LogP contribution in [-0.4, -0.2) is 28.1 Å². The predicted octanol–water partition coefficient (Wildman–Crippen LogP) is 2.83. The Balaban J connectivity index is 1.74. The van der Waals surface area contributed by atoms with E-state index in [4.69, 9.17) is 4.74 Å². The predicted molar refractivity (Wildman–Crippen MR) is 83.7 cm³/mol. The maximum absolute atomic E-state index is 12.3. The number of amides is 1. The molecule has 0 fully saturated rings. The molecule has 0 unspecified atom stereocenters. The number of carboxylic acids is 1. The van der Waals surface area contributed by atoms with E-state index in [0.717, 1.165) is 16.7 Å². The Bertz CT molecular complexity index is 714. The van der Waals surface area contributed by atoms with Crippen molar-refractivity contribution in [3.63, 3.8) is 0 Å². The average Bonchev–Trinajstić information content (AvgIpc) is 2.59. The van der Waals surface area contributed by atoms with Gasteiger partial charge in [0.25, 0.3) is 0 Å². The van der Waals surface area contributed by atoms with E-state index in [1.165, 1.54) is 4.90 Å². The first-order chi connectivity index (χ1) is 11.1. The summed E-state index contributed by atoms with van der Waals surface area (Å²) in [7, 11) is 0. The van der Waals surface area contributed by atoms with Crippen molar-refractivity contribution in [1.82, 2.24) is 4.90 Å². The number of benzene rings is 2. The van der Waals surface area contributed by atoms with Crippen molar-refractivity contribution in [2.45, 2.75) is 25.6 Å². The zero-order valence-electron chi connectivity index (χ0n) is 12.5. The second-order valence-electron chi connectivity index (χ2n) is 5.49. The van der Waals surface area contributed by atoms with Gasteiger partial charge in [0.15, 0.2) is 0 Å². The number of aliphatic carboxylic acids is 1. The molecule has 1 N–H and O–H groups in total. The molecule has 0 saturated heterocycles. The average molecular weight is 311 g/mol. The monoisotopic (exact) mass is 311 g/mol. The zero-order valence-corrected chi connectivity index (χ0v) is 12.5. The van der Waals surface area contributed by atoms with Crippen LogP contribution in [0.15, 0.2) is 54.6 Å². The third-order valence-electron chi connectivity index (χ3n) is 3.97. The normalized spacial score (nSPS) is 16.5. The molecule has 23 heavy (non-hydrogen) atoms. The number of hydrogen-bond acceptors (Lipinski definition) is 3. The fourth-order valence-corrected chi connectivity index (χ4v) is 2.74. The summed E-state index contributed by atoms with van der Waals surface area (Å²) in [5.74, 6) is -1.02. The Kier molecular flexibility index (Phi) is 4.28. The van der Waals surface area contributed by atoms with E-state index >= 15 is 0 Å². The Morgan fingerprint density at radius 2 is 1.70 bits per heavy atom. The fraction of sp³-hybridized carbons (Fsp3) is 0.222. The van der Waals surface area contributed by atoms with Gasteiger partial charge in [-0.3, -0.25) is 4.90 Å². The number of ether oxygens (including phenoxy) is 1. The van der Waals surface area contributed by atoms with Gasteiger partial charge in [-0.1, -0.05) is 54.6 Å². The van der Waals surface area contributed by atoms with Crippen LogP contribution in [0.4, 0.5) is 4.79 Å². The van der Waals surface area contributed by atoms with Crippen LogP contribution in [0.3, 0.4) is 0 Å². The molecule has 1 heterocycles. The highest BCUT2D eigenvalue weighted by Crippen LogP contribution is 2.24. The van der Waals surface area contributed by atoms with Gasteiger partial charge in [0.05, 0.1) is 6.54 Å². The van der Waals surface area contributed by atoms with E-state index < -0.39 is 18.1 Å². The first kappa shape index (κ1) is 15.1. The van der Waals surface area contributed by atoms with Crippen molar-refractivity contribution < 1.29 is 19.4 Å². The Hall–Kier alpha value is -2.82. The number of nitrogens with zero attached hydrogens (tertiary/aromatic N) is 1. The van der Waals surface area contributed by atoms with Crippen molar-refractivity contribution in [3.8, 4) is 0 Å².